The predicted molar refractivity (Wildman–Crippen MR) is 108 cm³/mol. The zero-order valence-electron chi connectivity index (χ0n) is 15.3. The van der Waals surface area contributed by atoms with Crippen LogP contribution in [0.3, 0.4) is 0 Å². The molecular weight excluding hydrogens is 336 g/mol. The Morgan fingerprint density at radius 1 is 0.630 bits per heavy atom. The van der Waals surface area contributed by atoms with E-state index >= 15 is 0 Å². The van der Waals surface area contributed by atoms with Gasteiger partial charge in [0.2, 0.25) is 0 Å². The summed E-state index contributed by atoms with van der Waals surface area (Å²) in [5.41, 5.74) is 2.44. The van der Waals surface area contributed by atoms with Crippen molar-refractivity contribution in [1.82, 2.24) is 5.06 Å². The summed E-state index contributed by atoms with van der Waals surface area (Å²) in [6.45, 7) is 4.25. The van der Waals surface area contributed by atoms with Gasteiger partial charge in [-0.1, -0.05) is 48.5 Å². The van der Waals surface area contributed by atoms with Gasteiger partial charge in [-0.15, -0.1) is 5.06 Å². The zero-order chi connectivity index (χ0) is 18.3. The summed E-state index contributed by atoms with van der Waals surface area (Å²) in [7, 11) is 0. The normalized spacial score (nSPS) is 14.7. The lowest BCUT2D eigenvalue weighted by Crippen LogP contribution is -2.47. The van der Waals surface area contributed by atoms with E-state index in [9.17, 15) is 0 Å². The van der Waals surface area contributed by atoms with Gasteiger partial charge in [0.1, 0.15) is 18.1 Å². The van der Waals surface area contributed by atoms with Gasteiger partial charge in [-0.05, 0) is 42.0 Å². The number of hydrogen-bond acceptors (Lipinski definition) is 4. The number of nitrogens with zero attached hydrogens (tertiary/aromatic N) is 2. The standard InChI is InChI=1S/C23H24N2O2/c1-3-7-20(8-4-1)19-26-22-11-13-23(14-12-22)27-25-17-15-24(16-18-25)21-9-5-2-6-10-21/h1-14H,15-19H2. The number of anilines is 1. The van der Waals surface area contributed by atoms with E-state index in [-0.39, 0.29) is 0 Å². The molecule has 0 spiro atoms. The van der Waals surface area contributed by atoms with Crippen molar-refractivity contribution in [2.24, 2.45) is 0 Å². The summed E-state index contributed by atoms with van der Waals surface area (Å²) >= 11 is 0. The van der Waals surface area contributed by atoms with Crippen LogP contribution < -0.4 is 14.5 Å². The fourth-order valence-electron chi connectivity index (χ4n) is 3.16. The van der Waals surface area contributed by atoms with E-state index in [1.54, 1.807) is 0 Å². The molecule has 4 heteroatoms. The van der Waals surface area contributed by atoms with Gasteiger partial charge in [0, 0.05) is 18.8 Å². The molecule has 4 nitrogen and oxygen atoms in total. The van der Waals surface area contributed by atoms with Crippen molar-refractivity contribution in [2.75, 3.05) is 31.1 Å². The molecule has 27 heavy (non-hydrogen) atoms. The second-order valence-electron chi connectivity index (χ2n) is 6.59. The van der Waals surface area contributed by atoms with Gasteiger partial charge in [0.25, 0.3) is 0 Å². The third-order valence-corrected chi connectivity index (χ3v) is 4.67. The monoisotopic (exact) mass is 360 g/mol. The van der Waals surface area contributed by atoms with Gasteiger partial charge in [-0.2, -0.15) is 0 Å². The van der Waals surface area contributed by atoms with E-state index in [1.165, 1.54) is 5.69 Å². The van der Waals surface area contributed by atoms with Crippen molar-refractivity contribution in [3.05, 3.63) is 90.5 Å². The number of benzene rings is 3. The number of para-hydroxylation sites is 1. The molecule has 0 N–H and O–H groups in total. The van der Waals surface area contributed by atoms with Crippen molar-refractivity contribution in [1.29, 1.82) is 0 Å². The van der Waals surface area contributed by atoms with Crippen LogP contribution in [0.5, 0.6) is 11.5 Å². The van der Waals surface area contributed by atoms with Crippen LogP contribution in [0.25, 0.3) is 0 Å². The van der Waals surface area contributed by atoms with Gasteiger partial charge < -0.3 is 14.5 Å². The fourth-order valence-corrected chi connectivity index (χ4v) is 3.16. The maximum absolute atomic E-state index is 6.01. The van der Waals surface area contributed by atoms with Crippen LogP contribution in [0.2, 0.25) is 0 Å². The molecule has 0 saturated carbocycles. The molecule has 4 rings (SSSR count). The average Bonchev–Trinajstić information content (AvgIpc) is 2.75. The topological polar surface area (TPSA) is 24.9 Å². The van der Waals surface area contributed by atoms with Crippen molar-refractivity contribution < 1.29 is 9.57 Å². The highest BCUT2D eigenvalue weighted by molar-refractivity contribution is 5.46. The molecule has 0 amide bonds. The van der Waals surface area contributed by atoms with Gasteiger partial charge in [0.15, 0.2) is 0 Å². The van der Waals surface area contributed by atoms with E-state index < -0.39 is 0 Å². The Labute approximate surface area is 160 Å². The Morgan fingerprint density at radius 2 is 1.22 bits per heavy atom. The molecule has 1 aliphatic rings. The lowest BCUT2D eigenvalue weighted by Gasteiger charge is -2.35. The van der Waals surface area contributed by atoms with E-state index in [1.807, 2.05) is 47.5 Å². The second-order valence-corrected chi connectivity index (χ2v) is 6.59. The molecular formula is C23H24N2O2. The fraction of sp³-hybridized carbons (Fsp3) is 0.217. The first kappa shape index (κ1) is 17.4. The highest BCUT2D eigenvalue weighted by Crippen LogP contribution is 2.21. The third kappa shape index (κ3) is 4.80. The van der Waals surface area contributed by atoms with Crippen LogP contribution in [0.4, 0.5) is 5.69 Å². The molecule has 1 heterocycles. The van der Waals surface area contributed by atoms with Gasteiger partial charge in [0.05, 0.1) is 13.1 Å². The molecule has 1 fully saturated rings. The summed E-state index contributed by atoms with van der Waals surface area (Å²) < 4.78 is 5.82. The van der Waals surface area contributed by atoms with Crippen molar-refractivity contribution in [3.8, 4) is 11.5 Å². The van der Waals surface area contributed by atoms with Gasteiger partial charge >= 0.3 is 0 Å². The molecule has 3 aromatic rings. The number of piperazine rings is 1. The van der Waals surface area contributed by atoms with Crippen LogP contribution in [-0.4, -0.2) is 31.2 Å². The number of ether oxygens (including phenoxy) is 1. The molecule has 3 aromatic carbocycles. The van der Waals surface area contributed by atoms with E-state index in [4.69, 9.17) is 9.57 Å². The molecule has 0 aliphatic carbocycles. The van der Waals surface area contributed by atoms with Gasteiger partial charge in [-0.25, -0.2) is 0 Å². The predicted octanol–water partition coefficient (Wildman–Crippen LogP) is 4.38. The summed E-state index contributed by atoms with van der Waals surface area (Å²) in [5, 5.41) is 2.03. The van der Waals surface area contributed by atoms with E-state index in [0.29, 0.717) is 6.61 Å². The van der Waals surface area contributed by atoms with E-state index in [0.717, 1.165) is 43.2 Å². The molecule has 0 atom stereocenters. The van der Waals surface area contributed by atoms with E-state index in [2.05, 4.69) is 47.4 Å². The molecule has 1 saturated heterocycles. The van der Waals surface area contributed by atoms with Crippen molar-refractivity contribution in [2.45, 2.75) is 6.61 Å². The number of rotatable bonds is 6. The molecule has 0 unspecified atom stereocenters. The van der Waals surface area contributed by atoms with Crippen LogP contribution in [0.1, 0.15) is 5.56 Å². The first-order chi connectivity index (χ1) is 13.4. The Bertz CT molecular complexity index is 814. The van der Waals surface area contributed by atoms with Crippen molar-refractivity contribution >= 4 is 5.69 Å². The first-order valence-corrected chi connectivity index (χ1v) is 9.36. The highest BCUT2D eigenvalue weighted by atomic mass is 16.7. The van der Waals surface area contributed by atoms with Crippen molar-refractivity contribution in [3.63, 3.8) is 0 Å². The number of hydroxylamine groups is 2. The Kier molecular flexibility index (Phi) is 5.56. The van der Waals surface area contributed by atoms with Crippen LogP contribution in [0.15, 0.2) is 84.9 Å². The maximum atomic E-state index is 6.01. The number of hydrogen-bond donors (Lipinski definition) is 0. The zero-order valence-corrected chi connectivity index (χ0v) is 15.3. The SMILES string of the molecule is c1ccc(COc2ccc(ON3CCN(c4ccccc4)CC3)cc2)cc1. The average molecular weight is 360 g/mol. The molecule has 138 valence electrons. The molecule has 0 radical (unpaired) electrons. The van der Waals surface area contributed by atoms with Crippen LogP contribution in [-0.2, 0) is 6.61 Å². The largest absolute Gasteiger partial charge is 0.489 e. The molecule has 0 aromatic heterocycles. The highest BCUT2D eigenvalue weighted by Gasteiger charge is 2.18. The molecule has 0 bridgehead atoms. The lowest BCUT2D eigenvalue weighted by atomic mass is 10.2. The first-order valence-electron chi connectivity index (χ1n) is 9.36. The second kappa shape index (κ2) is 8.60. The minimum atomic E-state index is 0.572. The Morgan fingerprint density at radius 3 is 1.89 bits per heavy atom. The minimum Gasteiger partial charge on any atom is -0.489 e. The minimum absolute atomic E-state index is 0.572. The smallest absolute Gasteiger partial charge is 0.147 e. The Hall–Kier alpha value is -2.98. The van der Waals surface area contributed by atoms with Crippen LogP contribution in [0, 0.1) is 0 Å². The summed E-state index contributed by atoms with van der Waals surface area (Å²) in [6, 6.07) is 28.5. The summed E-state index contributed by atoms with van der Waals surface area (Å²) in [5.74, 6) is 1.69. The Balaban J connectivity index is 1.25. The molecule has 1 aliphatic heterocycles. The lowest BCUT2D eigenvalue weighted by molar-refractivity contribution is -0.0619. The summed E-state index contributed by atoms with van der Waals surface area (Å²) in [4.78, 5) is 8.40. The van der Waals surface area contributed by atoms with Crippen LogP contribution >= 0.6 is 0 Å². The third-order valence-electron chi connectivity index (χ3n) is 4.67. The van der Waals surface area contributed by atoms with Gasteiger partial charge in [-0.3, -0.25) is 0 Å². The summed E-state index contributed by atoms with van der Waals surface area (Å²) in [6.07, 6.45) is 0. The maximum Gasteiger partial charge on any atom is 0.147 e. The quantitative estimate of drug-likeness (QED) is 0.651.